The Hall–Kier alpha value is -2.09. The summed E-state index contributed by atoms with van der Waals surface area (Å²) in [5.41, 5.74) is 2.07. The minimum absolute atomic E-state index is 0.807. The van der Waals surface area contributed by atoms with Crippen molar-refractivity contribution >= 4 is 21.8 Å². The quantitative estimate of drug-likeness (QED) is 0.297. The number of fused-ring (bicyclic) bond motifs is 2. The van der Waals surface area contributed by atoms with Gasteiger partial charge in [-0.1, -0.05) is 70.1 Å². The molecule has 0 aliphatic rings. The summed E-state index contributed by atoms with van der Waals surface area (Å²) in [6.45, 7) is 3.07. The van der Waals surface area contributed by atoms with Gasteiger partial charge in [0.2, 0.25) is 0 Å². The zero-order valence-corrected chi connectivity index (χ0v) is 15.3. The van der Waals surface area contributed by atoms with Gasteiger partial charge in [-0.2, -0.15) is 0 Å². The van der Waals surface area contributed by atoms with Gasteiger partial charge in [-0.25, -0.2) is 4.98 Å². The summed E-state index contributed by atoms with van der Waals surface area (Å²) < 4.78 is 5.94. The number of hydrogen-bond donors (Lipinski definition) is 0. The van der Waals surface area contributed by atoms with Crippen LogP contribution in [0.15, 0.2) is 48.5 Å². The Morgan fingerprint density at radius 2 is 1.44 bits per heavy atom. The van der Waals surface area contributed by atoms with Crippen molar-refractivity contribution in [3.8, 4) is 5.75 Å². The first-order valence-electron chi connectivity index (χ1n) is 9.79. The van der Waals surface area contributed by atoms with Crippen molar-refractivity contribution in [2.24, 2.45) is 0 Å². The van der Waals surface area contributed by atoms with Crippen molar-refractivity contribution in [2.45, 2.75) is 58.3 Å². The molecule has 2 heteroatoms. The highest BCUT2D eigenvalue weighted by molar-refractivity contribution is 5.93. The van der Waals surface area contributed by atoms with Gasteiger partial charge in [0.1, 0.15) is 5.75 Å². The molecular formula is C23H29NO. The molecular weight excluding hydrogens is 306 g/mol. The Bertz CT molecular complexity index is 796. The van der Waals surface area contributed by atoms with Crippen LogP contribution >= 0.6 is 0 Å². The van der Waals surface area contributed by atoms with Gasteiger partial charge in [0.15, 0.2) is 0 Å². The summed E-state index contributed by atoms with van der Waals surface area (Å²) in [5.74, 6) is 0.951. The number of hydrogen-bond acceptors (Lipinski definition) is 2. The molecule has 2 nitrogen and oxygen atoms in total. The topological polar surface area (TPSA) is 22.1 Å². The molecule has 0 aliphatic carbocycles. The monoisotopic (exact) mass is 335 g/mol. The first-order chi connectivity index (χ1) is 12.4. The number of nitrogens with zero attached hydrogens (tertiary/aromatic N) is 1. The lowest BCUT2D eigenvalue weighted by Crippen LogP contribution is -1.97. The summed E-state index contributed by atoms with van der Waals surface area (Å²) in [4.78, 5) is 4.71. The number of rotatable bonds is 10. The Labute approximate surface area is 151 Å². The maximum Gasteiger partial charge on any atom is 0.120 e. The van der Waals surface area contributed by atoms with Crippen molar-refractivity contribution in [3.63, 3.8) is 0 Å². The number of ether oxygens (including phenoxy) is 1. The summed E-state index contributed by atoms with van der Waals surface area (Å²) in [7, 11) is 0. The van der Waals surface area contributed by atoms with Crippen LogP contribution in [0.3, 0.4) is 0 Å². The van der Waals surface area contributed by atoms with E-state index in [1.807, 2.05) is 12.1 Å². The van der Waals surface area contributed by atoms with E-state index in [-0.39, 0.29) is 0 Å². The highest BCUT2D eigenvalue weighted by Crippen LogP contribution is 2.24. The van der Waals surface area contributed by atoms with E-state index in [0.717, 1.165) is 35.2 Å². The largest absolute Gasteiger partial charge is 0.494 e. The van der Waals surface area contributed by atoms with Crippen LogP contribution in [-0.4, -0.2) is 11.6 Å². The third kappa shape index (κ3) is 5.19. The second kappa shape index (κ2) is 9.41. The lowest BCUT2D eigenvalue weighted by Gasteiger charge is -2.08. The minimum atomic E-state index is 0.807. The molecule has 0 unspecified atom stereocenters. The van der Waals surface area contributed by atoms with Crippen molar-refractivity contribution in [1.29, 1.82) is 0 Å². The molecule has 25 heavy (non-hydrogen) atoms. The molecule has 0 aliphatic heterocycles. The summed E-state index contributed by atoms with van der Waals surface area (Å²) in [6, 6.07) is 16.7. The Morgan fingerprint density at radius 3 is 2.28 bits per heavy atom. The number of unbranched alkanes of at least 4 members (excludes halogenated alkanes) is 7. The van der Waals surface area contributed by atoms with Crippen LogP contribution in [0.2, 0.25) is 0 Å². The van der Waals surface area contributed by atoms with Crippen LogP contribution in [0.1, 0.15) is 58.3 Å². The Kier molecular flexibility index (Phi) is 6.67. The van der Waals surface area contributed by atoms with Crippen LogP contribution in [0.25, 0.3) is 21.8 Å². The molecule has 0 saturated heterocycles. The lowest BCUT2D eigenvalue weighted by molar-refractivity contribution is 0.304. The average molecular weight is 335 g/mol. The highest BCUT2D eigenvalue weighted by atomic mass is 16.5. The van der Waals surface area contributed by atoms with Crippen LogP contribution < -0.4 is 4.74 Å². The zero-order valence-electron chi connectivity index (χ0n) is 15.3. The fraction of sp³-hybridized carbons (Fsp3) is 0.435. The lowest BCUT2D eigenvalue weighted by atomic mass is 10.1. The smallest absolute Gasteiger partial charge is 0.120 e. The van der Waals surface area contributed by atoms with Gasteiger partial charge < -0.3 is 4.74 Å². The molecule has 3 rings (SSSR count). The second-order valence-corrected chi connectivity index (χ2v) is 6.86. The normalized spacial score (nSPS) is 11.2. The summed E-state index contributed by atoms with van der Waals surface area (Å²) in [5, 5.41) is 2.32. The van der Waals surface area contributed by atoms with E-state index in [1.54, 1.807) is 0 Å². The Balaban J connectivity index is 1.46. The Morgan fingerprint density at radius 1 is 0.720 bits per heavy atom. The fourth-order valence-electron chi connectivity index (χ4n) is 3.27. The maximum atomic E-state index is 5.94. The molecule has 0 atom stereocenters. The fourth-order valence-corrected chi connectivity index (χ4v) is 3.27. The molecule has 2 aromatic carbocycles. The van der Waals surface area contributed by atoms with Crippen LogP contribution in [0.4, 0.5) is 0 Å². The number of aromatic nitrogens is 1. The van der Waals surface area contributed by atoms with Crippen LogP contribution in [0, 0.1) is 0 Å². The maximum absolute atomic E-state index is 5.94. The molecule has 0 spiro atoms. The van der Waals surface area contributed by atoms with E-state index >= 15 is 0 Å². The van der Waals surface area contributed by atoms with E-state index in [4.69, 9.17) is 9.72 Å². The zero-order chi connectivity index (χ0) is 17.3. The van der Waals surface area contributed by atoms with E-state index in [0.29, 0.717) is 0 Å². The molecule has 1 aromatic heterocycles. The standard InChI is InChI=1S/C23H29NO/c1-2-3-4-5-6-7-8-11-16-25-21-14-15-23-20(18-21)17-19-12-9-10-13-22(19)24-23/h9-10,12-15,17-18H,2-8,11,16H2,1H3. The van der Waals surface area contributed by atoms with Gasteiger partial charge in [0, 0.05) is 10.8 Å². The third-order valence-electron chi connectivity index (χ3n) is 4.75. The summed E-state index contributed by atoms with van der Waals surface area (Å²) in [6.07, 6.45) is 10.6. The molecule has 1 heterocycles. The SMILES string of the molecule is CCCCCCCCCCOc1ccc2nc3ccccc3cc2c1. The van der Waals surface area contributed by atoms with E-state index in [2.05, 4.69) is 43.3 Å². The molecule has 3 aromatic rings. The van der Waals surface area contributed by atoms with Crippen LogP contribution in [-0.2, 0) is 0 Å². The minimum Gasteiger partial charge on any atom is -0.494 e. The first-order valence-corrected chi connectivity index (χ1v) is 9.79. The molecule has 0 amide bonds. The molecule has 0 radical (unpaired) electrons. The van der Waals surface area contributed by atoms with Gasteiger partial charge in [-0.05, 0) is 36.8 Å². The summed E-state index contributed by atoms with van der Waals surface area (Å²) >= 11 is 0. The molecule has 132 valence electrons. The predicted octanol–water partition coefficient (Wildman–Crippen LogP) is 6.91. The van der Waals surface area contributed by atoms with Crippen molar-refractivity contribution < 1.29 is 4.74 Å². The first kappa shape index (κ1) is 17.7. The molecule has 0 bridgehead atoms. The highest BCUT2D eigenvalue weighted by Gasteiger charge is 2.02. The molecule has 0 saturated carbocycles. The third-order valence-corrected chi connectivity index (χ3v) is 4.75. The molecule has 0 fully saturated rings. The predicted molar refractivity (Wildman–Crippen MR) is 107 cm³/mol. The van der Waals surface area contributed by atoms with Crippen molar-refractivity contribution in [3.05, 3.63) is 48.5 Å². The van der Waals surface area contributed by atoms with Crippen LogP contribution in [0.5, 0.6) is 5.75 Å². The van der Waals surface area contributed by atoms with Gasteiger partial charge in [0.25, 0.3) is 0 Å². The van der Waals surface area contributed by atoms with Crippen molar-refractivity contribution in [2.75, 3.05) is 6.61 Å². The van der Waals surface area contributed by atoms with E-state index in [1.165, 1.54) is 50.3 Å². The van der Waals surface area contributed by atoms with Gasteiger partial charge in [0.05, 0.1) is 17.6 Å². The number of para-hydroxylation sites is 1. The second-order valence-electron chi connectivity index (χ2n) is 6.86. The van der Waals surface area contributed by atoms with Gasteiger partial charge in [-0.15, -0.1) is 0 Å². The van der Waals surface area contributed by atoms with E-state index in [9.17, 15) is 0 Å². The van der Waals surface area contributed by atoms with Gasteiger partial charge >= 0.3 is 0 Å². The van der Waals surface area contributed by atoms with Crippen molar-refractivity contribution in [1.82, 2.24) is 4.98 Å². The number of pyridine rings is 1. The van der Waals surface area contributed by atoms with Gasteiger partial charge in [-0.3, -0.25) is 0 Å². The molecule has 0 N–H and O–H groups in total. The van der Waals surface area contributed by atoms with E-state index < -0.39 is 0 Å². The number of benzene rings is 2. The average Bonchev–Trinajstić information content (AvgIpc) is 2.65.